The van der Waals surface area contributed by atoms with E-state index < -0.39 is 0 Å². The third-order valence-electron chi connectivity index (χ3n) is 4.26. The van der Waals surface area contributed by atoms with Crippen LogP contribution in [0.3, 0.4) is 0 Å². The molecule has 0 aliphatic heterocycles. The lowest BCUT2D eigenvalue weighted by Crippen LogP contribution is -2.35. The highest BCUT2D eigenvalue weighted by Gasteiger charge is 2.31. The summed E-state index contributed by atoms with van der Waals surface area (Å²) in [5.74, 6) is 1.77. The molecule has 0 radical (unpaired) electrons. The van der Waals surface area contributed by atoms with E-state index >= 15 is 0 Å². The fourth-order valence-electron chi connectivity index (χ4n) is 3.73. The smallest absolute Gasteiger partial charge is 0.119 e. The van der Waals surface area contributed by atoms with Crippen molar-refractivity contribution < 1.29 is 4.74 Å². The number of anilines is 1. The van der Waals surface area contributed by atoms with Gasteiger partial charge in [-0.3, -0.25) is 0 Å². The maximum Gasteiger partial charge on any atom is 0.119 e. The summed E-state index contributed by atoms with van der Waals surface area (Å²) in [4.78, 5) is 0. The molecule has 1 aromatic rings. The van der Waals surface area contributed by atoms with Crippen molar-refractivity contribution in [1.82, 2.24) is 0 Å². The van der Waals surface area contributed by atoms with E-state index in [9.17, 15) is 0 Å². The van der Waals surface area contributed by atoms with Gasteiger partial charge in [0.25, 0.3) is 0 Å². The fourth-order valence-corrected chi connectivity index (χ4v) is 3.73. The monoisotopic (exact) mass is 275 g/mol. The zero-order valence-corrected chi connectivity index (χ0v) is 13.6. The summed E-state index contributed by atoms with van der Waals surface area (Å²) in [6.45, 7) is 12.1. The molecule has 2 unspecified atom stereocenters. The fraction of sp³-hybridized carbons (Fsp3) is 0.667. The van der Waals surface area contributed by atoms with Gasteiger partial charge in [-0.2, -0.15) is 0 Å². The Hall–Kier alpha value is -1.18. The molecule has 0 amide bonds. The SMILES string of the molecule is CCOc1ccc(NC2CC(C)CC(C)(C)C2)c(C)c1. The first-order chi connectivity index (χ1) is 9.39. The van der Waals surface area contributed by atoms with Gasteiger partial charge in [-0.1, -0.05) is 20.8 Å². The van der Waals surface area contributed by atoms with Crippen molar-refractivity contribution in [2.24, 2.45) is 11.3 Å². The second-order valence-corrected chi connectivity index (χ2v) is 7.16. The summed E-state index contributed by atoms with van der Waals surface area (Å²) in [7, 11) is 0. The molecule has 1 aromatic carbocycles. The van der Waals surface area contributed by atoms with E-state index in [1.165, 1.54) is 30.5 Å². The Morgan fingerprint density at radius 1 is 1.30 bits per heavy atom. The molecular weight excluding hydrogens is 246 g/mol. The van der Waals surface area contributed by atoms with Gasteiger partial charge in [-0.05, 0) is 68.2 Å². The van der Waals surface area contributed by atoms with E-state index in [-0.39, 0.29) is 0 Å². The number of hydrogen-bond donors (Lipinski definition) is 1. The first-order valence-corrected chi connectivity index (χ1v) is 7.89. The van der Waals surface area contributed by atoms with E-state index in [1.54, 1.807) is 0 Å². The lowest BCUT2D eigenvalue weighted by molar-refractivity contribution is 0.178. The second-order valence-electron chi connectivity index (χ2n) is 7.16. The third kappa shape index (κ3) is 3.91. The van der Waals surface area contributed by atoms with Crippen LogP contribution < -0.4 is 10.1 Å². The zero-order valence-electron chi connectivity index (χ0n) is 13.6. The van der Waals surface area contributed by atoms with Crippen LogP contribution in [0.15, 0.2) is 18.2 Å². The first-order valence-electron chi connectivity index (χ1n) is 7.89. The number of hydrogen-bond acceptors (Lipinski definition) is 2. The van der Waals surface area contributed by atoms with Crippen molar-refractivity contribution in [3.63, 3.8) is 0 Å². The molecule has 0 spiro atoms. The maximum atomic E-state index is 5.55. The highest BCUT2D eigenvalue weighted by Crippen LogP contribution is 2.39. The zero-order chi connectivity index (χ0) is 14.8. The van der Waals surface area contributed by atoms with Crippen molar-refractivity contribution in [2.75, 3.05) is 11.9 Å². The summed E-state index contributed by atoms with van der Waals surface area (Å²) >= 11 is 0. The summed E-state index contributed by atoms with van der Waals surface area (Å²) < 4.78 is 5.55. The van der Waals surface area contributed by atoms with Crippen LogP contribution in [-0.4, -0.2) is 12.6 Å². The second kappa shape index (κ2) is 6.07. The number of nitrogens with one attached hydrogen (secondary N) is 1. The quantitative estimate of drug-likeness (QED) is 0.833. The van der Waals surface area contributed by atoms with Gasteiger partial charge in [0, 0.05) is 11.7 Å². The lowest BCUT2D eigenvalue weighted by atomic mass is 9.70. The van der Waals surface area contributed by atoms with Crippen LogP contribution in [0.1, 0.15) is 52.5 Å². The van der Waals surface area contributed by atoms with Crippen molar-refractivity contribution >= 4 is 5.69 Å². The molecule has 1 N–H and O–H groups in total. The van der Waals surface area contributed by atoms with Crippen LogP contribution >= 0.6 is 0 Å². The van der Waals surface area contributed by atoms with Crippen molar-refractivity contribution in [1.29, 1.82) is 0 Å². The van der Waals surface area contributed by atoms with Crippen molar-refractivity contribution in [3.05, 3.63) is 23.8 Å². The van der Waals surface area contributed by atoms with Gasteiger partial charge in [0.15, 0.2) is 0 Å². The van der Waals surface area contributed by atoms with Gasteiger partial charge in [0.1, 0.15) is 5.75 Å². The minimum absolute atomic E-state index is 0.453. The minimum atomic E-state index is 0.453. The normalized spacial score (nSPS) is 25.2. The Balaban J connectivity index is 2.06. The van der Waals surface area contributed by atoms with Crippen LogP contribution in [-0.2, 0) is 0 Å². The molecule has 20 heavy (non-hydrogen) atoms. The number of rotatable bonds is 4. The van der Waals surface area contributed by atoms with Gasteiger partial charge in [-0.25, -0.2) is 0 Å². The third-order valence-corrected chi connectivity index (χ3v) is 4.26. The average molecular weight is 275 g/mol. The Bertz CT molecular complexity index is 453. The van der Waals surface area contributed by atoms with Gasteiger partial charge in [-0.15, -0.1) is 0 Å². The lowest BCUT2D eigenvalue weighted by Gasteiger charge is -2.39. The first kappa shape index (κ1) is 15.2. The van der Waals surface area contributed by atoms with E-state index in [0.29, 0.717) is 11.5 Å². The number of ether oxygens (including phenoxy) is 1. The van der Waals surface area contributed by atoms with Crippen molar-refractivity contribution in [2.45, 2.75) is 59.9 Å². The topological polar surface area (TPSA) is 21.3 Å². The van der Waals surface area contributed by atoms with Gasteiger partial charge in [0.05, 0.1) is 6.61 Å². The van der Waals surface area contributed by atoms with Crippen LogP contribution in [0.2, 0.25) is 0 Å². The predicted octanol–water partition coefficient (Wildman–Crippen LogP) is 5.02. The van der Waals surface area contributed by atoms with Gasteiger partial charge in [0.2, 0.25) is 0 Å². The van der Waals surface area contributed by atoms with Crippen molar-refractivity contribution in [3.8, 4) is 5.75 Å². The molecular formula is C18H29NO. The molecule has 0 bridgehead atoms. The molecule has 1 aliphatic carbocycles. The summed E-state index contributed by atoms with van der Waals surface area (Å²) in [5, 5.41) is 3.75. The maximum absolute atomic E-state index is 5.55. The summed E-state index contributed by atoms with van der Waals surface area (Å²) in [6, 6.07) is 6.94. The highest BCUT2D eigenvalue weighted by atomic mass is 16.5. The number of benzene rings is 1. The van der Waals surface area contributed by atoms with E-state index in [4.69, 9.17) is 4.74 Å². The van der Waals surface area contributed by atoms with Crippen LogP contribution in [0.25, 0.3) is 0 Å². The van der Waals surface area contributed by atoms with E-state index in [2.05, 4.69) is 51.2 Å². The van der Waals surface area contributed by atoms with Gasteiger partial charge < -0.3 is 10.1 Å². The Labute approximate surface area is 123 Å². The average Bonchev–Trinajstić information content (AvgIpc) is 2.30. The molecule has 2 heteroatoms. The standard InChI is InChI=1S/C18H29NO/c1-6-20-16-7-8-17(14(3)10-16)19-15-9-13(2)11-18(4,5)12-15/h7-8,10,13,15,19H,6,9,11-12H2,1-5H3. The Kier molecular flexibility index (Phi) is 4.62. The molecule has 2 atom stereocenters. The number of aryl methyl sites for hydroxylation is 1. The molecule has 1 saturated carbocycles. The largest absolute Gasteiger partial charge is 0.494 e. The molecule has 112 valence electrons. The van der Waals surface area contributed by atoms with Crippen LogP contribution in [0.4, 0.5) is 5.69 Å². The van der Waals surface area contributed by atoms with Gasteiger partial charge >= 0.3 is 0 Å². The molecule has 0 saturated heterocycles. The Morgan fingerprint density at radius 3 is 2.65 bits per heavy atom. The minimum Gasteiger partial charge on any atom is -0.494 e. The van der Waals surface area contributed by atoms with E-state index in [0.717, 1.165) is 18.3 Å². The van der Waals surface area contributed by atoms with Crippen LogP contribution in [0.5, 0.6) is 5.75 Å². The molecule has 0 aromatic heterocycles. The van der Waals surface area contributed by atoms with Crippen LogP contribution in [0, 0.1) is 18.3 Å². The molecule has 1 fully saturated rings. The molecule has 2 rings (SSSR count). The Morgan fingerprint density at radius 2 is 2.05 bits per heavy atom. The summed E-state index contributed by atoms with van der Waals surface area (Å²) in [5.41, 5.74) is 2.98. The summed E-state index contributed by atoms with van der Waals surface area (Å²) in [6.07, 6.45) is 3.87. The molecule has 2 nitrogen and oxygen atoms in total. The van der Waals surface area contributed by atoms with E-state index in [1.807, 2.05) is 6.92 Å². The molecule has 1 aliphatic rings. The highest BCUT2D eigenvalue weighted by molar-refractivity contribution is 5.54. The molecule has 0 heterocycles. The predicted molar refractivity (Wildman–Crippen MR) is 86.6 cm³/mol.